The van der Waals surface area contributed by atoms with Crippen molar-refractivity contribution in [2.45, 2.75) is 24.9 Å². The first-order valence-corrected chi connectivity index (χ1v) is 8.46. The van der Waals surface area contributed by atoms with Crippen molar-refractivity contribution in [1.29, 1.82) is 0 Å². The van der Waals surface area contributed by atoms with E-state index in [1.807, 2.05) is 0 Å². The van der Waals surface area contributed by atoms with E-state index in [4.69, 9.17) is 9.47 Å². The van der Waals surface area contributed by atoms with Crippen molar-refractivity contribution in [2.24, 2.45) is 5.92 Å². The molecule has 1 aromatic carbocycles. The van der Waals surface area contributed by atoms with Crippen molar-refractivity contribution in [3.63, 3.8) is 0 Å². The third kappa shape index (κ3) is 3.23. The minimum Gasteiger partial charge on any atom is -0.504 e. The third-order valence-electron chi connectivity index (χ3n) is 4.91. The van der Waals surface area contributed by atoms with Crippen molar-refractivity contribution < 1.29 is 24.5 Å². The second kappa shape index (κ2) is 6.96. The van der Waals surface area contributed by atoms with Crippen LogP contribution in [0.4, 0.5) is 0 Å². The van der Waals surface area contributed by atoms with Crippen LogP contribution in [0.3, 0.4) is 0 Å². The fourth-order valence-corrected chi connectivity index (χ4v) is 3.73. The number of hydrogen-bond acceptors (Lipinski definition) is 6. The highest BCUT2D eigenvalue weighted by molar-refractivity contribution is 5.77. The van der Waals surface area contributed by atoms with Gasteiger partial charge in [0.2, 0.25) is 0 Å². The summed E-state index contributed by atoms with van der Waals surface area (Å²) in [5.74, 6) is -2.33. The minimum absolute atomic E-state index is 0.00656. The van der Waals surface area contributed by atoms with Crippen LogP contribution in [0.15, 0.2) is 35.6 Å². The summed E-state index contributed by atoms with van der Waals surface area (Å²) in [5, 5.41) is 26.2. The van der Waals surface area contributed by atoms with Gasteiger partial charge in [0.25, 0.3) is 5.56 Å². The van der Waals surface area contributed by atoms with E-state index < -0.39 is 23.4 Å². The van der Waals surface area contributed by atoms with E-state index in [0.717, 1.165) is 0 Å². The topological polar surface area (TPSA) is 125 Å². The number of phenols is 1. The Morgan fingerprint density at radius 3 is 2.85 bits per heavy atom. The number of aliphatic hydroxyl groups is 1. The average Bonchev–Trinajstić information content (AvgIpc) is 2.98. The summed E-state index contributed by atoms with van der Waals surface area (Å²) in [4.78, 5) is 25.2. The first kappa shape index (κ1) is 18.8. The second-order valence-electron chi connectivity index (χ2n) is 6.81. The van der Waals surface area contributed by atoms with Gasteiger partial charge in [0, 0.05) is 23.6 Å². The minimum atomic E-state index is -1.47. The Balaban J connectivity index is 2.20. The summed E-state index contributed by atoms with van der Waals surface area (Å²) >= 11 is 0. The molecule has 0 saturated heterocycles. The van der Waals surface area contributed by atoms with Gasteiger partial charge in [0.1, 0.15) is 6.61 Å². The predicted molar refractivity (Wildman–Crippen MR) is 96.9 cm³/mol. The lowest BCUT2D eigenvalue weighted by atomic mass is 9.66. The van der Waals surface area contributed by atoms with Gasteiger partial charge in [-0.3, -0.25) is 14.7 Å². The molecular weight excluding hydrogens is 352 g/mol. The number of carbonyl (C=O) groups is 1. The maximum absolute atomic E-state index is 12.8. The molecule has 0 spiro atoms. The van der Waals surface area contributed by atoms with Gasteiger partial charge in [-0.25, -0.2) is 0 Å². The normalized spacial score (nSPS) is 24.1. The molecule has 1 aliphatic carbocycles. The number of aromatic hydroxyl groups is 1. The number of ether oxygens (including phenoxy) is 2. The number of carbonyl (C=O) groups excluding carboxylic acids is 1. The van der Waals surface area contributed by atoms with Gasteiger partial charge >= 0.3 is 5.97 Å². The van der Waals surface area contributed by atoms with Crippen molar-refractivity contribution in [1.82, 2.24) is 10.2 Å². The van der Waals surface area contributed by atoms with Crippen LogP contribution in [0.2, 0.25) is 0 Å². The molecule has 3 atom stereocenters. The standard InChI is InChI=1S/C19H22N2O6/c1-4-7-27-18(24)16-14(10-5-6-12(22)13(8-10)26-3)15-11(9-19(16,2)25)20-21-17(15)23/h4-6,8,14,16,22,25H,1,7,9H2,2-3H3,(H2,20,21,23)/t14-,16-,19-/m0/s1. The highest BCUT2D eigenvalue weighted by Gasteiger charge is 2.51. The van der Waals surface area contributed by atoms with E-state index in [2.05, 4.69) is 16.8 Å². The van der Waals surface area contributed by atoms with Crippen molar-refractivity contribution >= 4 is 5.97 Å². The first-order chi connectivity index (χ1) is 12.8. The van der Waals surface area contributed by atoms with E-state index in [0.29, 0.717) is 16.8 Å². The van der Waals surface area contributed by atoms with Crippen molar-refractivity contribution in [3.05, 3.63) is 58.0 Å². The zero-order valence-electron chi connectivity index (χ0n) is 15.1. The molecule has 3 rings (SSSR count). The van der Waals surface area contributed by atoms with Gasteiger partial charge < -0.3 is 24.8 Å². The number of hydrogen-bond donors (Lipinski definition) is 4. The SMILES string of the molecule is C=CCOC(=O)[C@@H]1[C@@H](c2ccc(O)c(OC)c2)c2c([nH][nH]c2=O)C[C@]1(C)O. The van der Waals surface area contributed by atoms with Crippen LogP contribution in [0.5, 0.6) is 11.5 Å². The number of fused-ring (bicyclic) bond motifs is 1. The lowest BCUT2D eigenvalue weighted by molar-refractivity contribution is -0.158. The quantitative estimate of drug-likeness (QED) is 0.460. The largest absolute Gasteiger partial charge is 0.504 e. The third-order valence-corrected chi connectivity index (χ3v) is 4.91. The number of methoxy groups -OCH3 is 1. The summed E-state index contributed by atoms with van der Waals surface area (Å²) in [6.45, 7) is 5.05. The fourth-order valence-electron chi connectivity index (χ4n) is 3.73. The molecule has 0 amide bonds. The number of aromatic nitrogens is 2. The van der Waals surface area contributed by atoms with Crippen LogP contribution in [-0.4, -0.2) is 45.7 Å². The van der Waals surface area contributed by atoms with Gasteiger partial charge in [0.15, 0.2) is 11.5 Å². The fraction of sp³-hybridized carbons (Fsp3) is 0.368. The molecule has 1 aromatic heterocycles. The average molecular weight is 374 g/mol. The molecule has 0 bridgehead atoms. The number of phenolic OH excluding ortho intramolecular Hbond substituents is 1. The molecule has 8 heteroatoms. The zero-order chi connectivity index (χ0) is 19.8. The van der Waals surface area contributed by atoms with E-state index >= 15 is 0 Å². The monoisotopic (exact) mass is 374 g/mol. The molecular formula is C19H22N2O6. The molecule has 0 aliphatic heterocycles. The van der Waals surface area contributed by atoms with E-state index in [9.17, 15) is 19.8 Å². The first-order valence-electron chi connectivity index (χ1n) is 8.46. The van der Waals surface area contributed by atoms with Crippen LogP contribution in [0, 0.1) is 5.92 Å². The summed E-state index contributed by atoms with van der Waals surface area (Å²) in [6, 6.07) is 4.56. The maximum atomic E-state index is 12.8. The van der Waals surface area contributed by atoms with E-state index in [1.165, 1.54) is 26.2 Å². The Morgan fingerprint density at radius 1 is 1.44 bits per heavy atom. The Kier molecular flexibility index (Phi) is 4.84. The molecule has 0 radical (unpaired) electrons. The molecule has 0 fully saturated rings. The van der Waals surface area contributed by atoms with E-state index in [1.54, 1.807) is 12.1 Å². The molecule has 27 heavy (non-hydrogen) atoms. The number of rotatable bonds is 5. The maximum Gasteiger partial charge on any atom is 0.313 e. The van der Waals surface area contributed by atoms with Gasteiger partial charge in [-0.1, -0.05) is 18.7 Å². The molecule has 1 aliphatic rings. The molecule has 0 unspecified atom stereocenters. The Hall–Kier alpha value is -3.00. The number of nitrogens with one attached hydrogen (secondary N) is 2. The highest BCUT2D eigenvalue weighted by Crippen LogP contribution is 2.45. The van der Waals surface area contributed by atoms with Crippen molar-refractivity contribution in [3.8, 4) is 11.5 Å². The van der Waals surface area contributed by atoms with E-state index in [-0.39, 0.29) is 30.1 Å². The number of esters is 1. The molecule has 8 nitrogen and oxygen atoms in total. The van der Waals surface area contributed by atoms with Crippen molar-refractivity contribution in [2.75, 3.05) is 13.7 Å². The molecule has 144 valence electrons. The predicted octanol–water partition coefficient (Wildman–Crippen LogP) is 1.20. The van der Waals surface area contributed by atoms with Crippen LogP contribution in [0.1, 0.15) is 29.7 Å². The number of H-pyrrole nitrogens is 2. The summed E-state index contributed by atoms with van der Waals surface area (Å²) in [5.41, 5.74) is -0.424. The van der Waals surface area contributed by atoms with Crippen LogP contribution >= 0.6 is 0 Å². The molecule has 2 aromatic rings. The molecule has 0 saturated carbocycles. The van der Waals surface area contributed by atoms with Gasteiger partial charge in [0.05, 0.1) is 18.6 Å². The molecule has 4 N–H and O–H groups in total. The number of aromatic amines is 2. The van der Waals surface area contributed by atoms with Crippen LogP contribution in [0.25, 0.3) is 0 Å². The zero-order valence-corrected chi connectivity index (χ0v) is 15.1. The Labute approximate surface area is 155 Å². The Morgan fingerprint density at radius 2 is 2.19 bits per heavy atom. The highest BCUT2D eigenvalue weighted by atomic mass is 16.5. The number of benzene rings is 1. The Bertz CT molecular complexity index is 927. The van der Waals surface area contributed by atoms with Crippen LogP contribution in [-0.2, 0) is 16.0 Å². The van der Waals surface area contributed by atoms with Gasteiger partial charge in [-0.2, -0.15) is 0 Å². The van der Waals surface area contributed by atoms with Gasteiger partial charge in [-0.05, 0) is 24.6 Å². The summed E-state index contributed by atoms with van der Waals surface area (Å²) < 4.78 is 10.4. The lowest BCUT2D eigenvalue weighted by Crippen LogP contribution is -2.50. The summed E-state index contributed by atoms with van der Waals surface area (Å²) in [6.07, 6.45) is 1.52. The van der Waals surface area contributed by atoms with Crippen LogP contribution < -0.4 is 10.3 Å². The lowest BCUT2D eigenvalue weighted by Gasteiger charge is -2.40. The second-order valence-corrected chi connectivity index (χ2v) is 6.81. The molecule has 1 heterocycles. The smallest absolute Gasteiger partial charge is 0.313 e. The summed E-state index contributed by atoms with van der Waals surface area (Å²) in [7, 11) is 1.40. The van der Waals surface area contributed by atoms with Gasteiger partial charge in [-0.15, -0.1) is 0 Å².